The maximum Gasteiger partial charge on any atom is 0.267 e. The molecule has 1 aliphatic rings. The third-order valence-electron chi connectivity index (χ3n) is 4.69. The van der Waals surface area contributed by atoms with Gasteiger partial charge in [-0.15, -0.1) is 0 Å². The second-order valence-electron chi connectivity index (χ2n) is 6.72. The molecular formula is C21H23ClN2O3. The third-order valence-corrected chi connectivity index (χ3v) is 4.98. The molecule has 0 bridgehead atoms. The summed E-state index contributed by atoms with van der Waals surface area (Å²) in [4.78, 5) is 26.3. The maximum atomic E-state index is 12.0. The Labute approximate surface area is 163 Å². The Balaban J connectivity index is 1.91. The molecular weight excluding hydrogens is 364 g/mol. The van der Waals surface area contributed by atoms with Crippen LogP contribution in [0.1, 0.15) is 42.5 Å². The monoisotopic (exact) mass is 386 g/mol. The summed E-state index contributed by atoms with van der Waals surface area (Å²) < 4.78 is 0. The quantitative estimate of drug-likeness (QED) is 0.639. The summed E-state index contributed by atoms with van der Waals surface area (Å²) in [6.07, 6.45) is 5.88. The molecule has 27 heavy (non-hydrogen) atoms. The van der Waals surface area contributed by atoms with E-state index in [1.807, 2.05) is 18.2 Å². The number of H-pyrrole nitrogens is 1. The molecule has 5 nitrogen and oxygen atoms in total. The lowest BCUT2D eigenvalue weighted by Crippen LogP contribution is -2.23. The second-order valence-corrected chi connectivity index (χ2v) is 7.13. The van der Waals surface area contributed by atoms with Gasteiger partial charge in [0.25, 0.3) is 5.56 Å². The van der Waals surface area contributed by atoms with Crippen LogP contribution in [0.5, 0.6) is 0 Å². The number of benzene rings is 1. The van der Waals surface area contributed by atoms with E-state index >= 15 is 0 Å². The number of halogens is 1. The van der Waals surface area contributed by atoms with E-state index in [-0.39, 0.29) is 29.1 Å². The molecule has 0 saturated carbocycles. The Morgan fingerprint density at radius 1 is 1.15 bits per heavy atom. The molecule has 3 rings (SSSR count). The van der Waals surface area contributed by atoms with Gasteiger partial charge in [0.15, 0.2) is 0 Å². The minimum atomic E-state index is -0.337. The summed E-state index contributed by atoms with van der Waals surface area (Å²) in [7, 11) is 0. The van der Waals surface area contributed by atoms with Crippen molar-refractivity contribution in [3.05, 3.63) is 74.7 Å². The fourth-order valence-electron chi connectivity index (χ4n) is 3.21. The van der Waals surface area contributed by atoms with Crippen LogP contribution in [0, 0.1) is 0 Å². The lowest BCUT2D eigenvalue weighted by Gasteiger charge is -2.13. The highest BCUT2D eigenvalue weighted by Crippen LogP contribution is 2.25. The highest BCUT2D eigenvalue weighted by atomic mass is 35.5. The standard InChI is InChI=1S/C21H23ClN2O3/c22-18-9-10-19(24-21(18)27)17(13-16-8-11-20(26)23-16)15-6-4-14(5-7-15)3-1-2-12-25/h4-7,9-10,13,16,25H,1-3,8,11-12H2,(H,23,26)(H,24,27)/b17-13-/t16-/m1/s1. The number of nitrogens with one attached hydrogen (secondary N) is 2. The number of carbonyl (C=O) groups excluding carboxylic acids is 1. The zero-order chi connectivity index (χ0) is 19.2. The van der Waals surface area contributed by atoms with Crippen molar-refractivity contribution in [1.82, 2.24) is 10.3 Å². The Bertz CT molecular complexity index is 887. The summed E-state index contributed by atoms with van der Waals surface area (Å²) in [5.74, 6) is 0.0411. The zero-order valence-electron chi connectivity index (χ0n) is 15.0. The number of aliphatic hydroxyl groups is 1. The lowest BCUT2D eigenvalue weighted by atomic mass is 9.97. The Morgan fingerprint density at radius 2 is 1.93 bits per heavy atom. The predicted molar refractivity (Wildman–Crippen MR) is 107 cm³/mol. The van der Waals surface area contributed by atoms with Gasteiger partial charge in [-0.25, -0.2) is 0 Å². The number of carbonyl (C=O) groups is 1. The topological polar surface area (TPSA) is 82.2 Å². The third kappa shape index (κ3) is 5.08. The molecule has 6 heteroatoms. The molecule has 1 amide bonds. The SMILES string of the molecule is O=C1CC[C@H](/C=C(/c2ccc(CCCCO)cc2)c2ccc(Cl)c(=O)[nH]2)N1. The Kier molecular flexibility index (Phi) is 6.48. The average molecular weight is 387 g/mol. The lowest BCUT2D eigenvalue weighted by molar-refractivity contribution is -0.119. The molecule has 0 radical (unpaired) electrons. The molecule has 1 saturated heterocycles. The van der Waals surface area contributed by atoms with Crippen molar-refractivity contribution in [1.29, 1.82) is 0 Å². The predicted octanol–water partition coefficient (Wildman–Crippen LogP) is 3.05. The first kappa shape index (κ1) is 19.4. The zero-order valence-corrected chi connectivity index (χ0v) is 15.8. The van der Waals surface area contributed by atoms with Crippen molar-refractivity contribution in [3.63, 3.8) is 0 Å². The maximum absolute atomic E-state index is 12.0. The number of hydrogen-bond acceptors (Lipinski definition) is 3. The summed E-state index contributed by atoms with van der Waals surface area (Å²) in [6.45, 7) is 0.210. The number of pyridine rings is 1. The van der Waals surface area contributed by atoms with Crippen molar-refractivity contribution < 1.29 is 9.90 Å². The van der Waals surface area contributed by atoms with Crippen LogP contribution < -0.4 is 10.9 Å². The molecule has 2 heterocycles. The van der Waals surface area contributed by atoms with Crippen LogP contribution in [0.2, 0.25) is 5.02 Å². The van der Waals surface area contributed by atoms with E-state index in [0.717, 1.165) is 36.8 Å². The van der Waals surface area contributed by atoms with Crippen molar-refractivity contribution in [2.24, 2.45) is 0 Å². The first-order chi connectivity index (χ1) is 13.1. The van der Waals surface area contributed by atoms with E-state index in [2.05, 4.69) is 22.4 Å². The van der Waals surface area contributed by atoms with E-state index in [0.29, 0.717) is 12.1 Å². The van der Waals surface area contributed by atoms with Gasteiger partial charge < -0.3 is 15.4 Å². The largest absolute Gasteiger partial charge is 0.396 e. The average Bonchev–Trinajstić information content (AvgIpc) is 3.08. The molecule has 0 spiro atoms. The van der Waals surface area contributed by atoms with E-state index in [1.165, 1.54) is 5.56 Å². The van der Waals surface area contributed by atoms with Gasteiger partial charge in [0, 0.05) is 30.3 Å². The summed E-state index contributed by atoms with van der Waals surface area (Å²) in [5.41, 5.74) is 3.35. The van der Waals surface area contributed by atoms with Crippen LogP contribution in [0.15, 0.2) is 47.3 Å². The van der Waals surface area contributed by atoms with Gasteiger partial charge in [0.2, 0.25) is 5.91 Å². The summed E-state index contributed by atoms with van der Waals surface area (Å²) in [6, 6.07) is 11.5. The van der Waals surface area contributed by atoms with Crippen molar-refractivity contribution in [2.75, 3.05) is 6.61 Å². The number of aromatic nitrogens is 1. The van der Waals surface area contributed by atoms with Crippen LogP contribution in [-0.4, -0.2) is 28.6 Å². The summed E-state index contributed by atoms with van der Waals surface area (Å²) in [5, 5.41) is 12.0. The van der Waals surface area contributed by atoms with Gasteiger partial charge in [0.05, 0.1) is 0 Å². The van der Waals surface area contributed by atoms with Gasteiger partial charge in [-0.3, -0.25) is 9.59 Å². The van der Waals surface area contributed by atoms with E-state index in [1.54, 1.807) is 12.1 Å². The van der Waals surface area contributed by atoms with E-state index < -0.39 is 0 Å². The number of aromatic amines is 1. The second kappa shape index (κ2) is 9.02. The van der Waals surface area contributed by atoms with Gasteiger partial charge in [0.1, 0.15) is 5.02 Å². The molecule has 0 aliphatic carbocycles. The highest BCUT2D eigenvalue weighted by molar-refractivity contribution is 6.30. The number of aliphatic hydroxyl groups excluding tert-OH is 1. The number of amides is 1. The van der Waals surface area contributed by atoms with Gasteiger partial charge in [-0.05, 0) is 48.9 Å². The summed E-state index contributed by atoms with van der Waals surface area (Å²) >= 11 is 5.86. The minimum absolute atomic E-state index is 0.0411. The first-order valence-electron chi connectivity index (χ1n) is 9.17. The molecule has 1 aromatic heterocycles. The molecule has 1 aromatic carbocycles. The Morgan fingerprint density at radius 3 is 2.56 bits per heavy atom. The highest BCUT2D eigenvalue weighted by Gasteiger charge is 2.20. The first-order valence-corrected chi connectivity index (χ1v) is 9.55. The van der Waals surface area contributed by atoms with Gasteiger partial charge in [-0.2, -0.15) is 0 Å². The van der Waals surface area contributed by atoms with E-state index in [4.69, 9.17) is 16.7 Å². The molecule has 1 fully saturated rings. The molecule has 142 valence electrons. The van der Waals surface area contributed by atoms with Crippen LogP contribution in [0.25, 0.3) is 5.57 Å². The van der Waals surface area contributed by atoms with Crippen LogP contribution in [0.4, 0.5) is 0 Å². The van der Waals surface area contributed by atoms with E-state index in [9.17, 15) is 9.59 Å². The van der Waals surface area contributed by atoms with Gasteiger partial charge >= 0.3 is 0 Å². The molecule has 1 atom stereocenters. The number of hydrogen-bond donors (Lipinski definition) is 3. The van der Waals surface area contributed by atoms with Crippen LogP contribution in [-0.2, 0) is 11.2 Å². The van der Waals surface area contributed by atoms with Crippen molar-refractivity contribution in [3.8, 4) is 0 Å². The number of aryl methyl sites for hydroxylation is 1. The molecule has 1 aliphatic heterocycles. The number of unbranched alkanes of at least 4 members (excludes halogenated alkanes) is 1. The van der Waals surface area contributed by atoms with Crippen molar-refractivity contribution in [2.45, 2.75) is 38.1 Å². The van der Waals surface area contributed by atoms with Crippen LogP contribution >= 0.6 is 11.6 Å². The molecule has 2 aromatic rings. The smallest absolute Gasteiger partial charge is 0.267 e. The minimum Gasteiger partial charge on any atom is -0.396 e. The number of rotatable bonds is 7. The fraction of sp³-hybridized carbons (Fsp3) is 0.333. The normalized spacial score (nSPS) is 17.2. The Hall–Kier alpha value is -2.37. The van der Waals surface area contributed by atoms with Gasteiger partial charge in [-0.1, -0.05) is 41.9 Å². The molecule has 0 unspecified atom stereocenters. The van der Waals surface area contributed by atoms with Crippen molar-refractivity contribution >= 4 is 23.1 Å². The fourth-order valence-corrected chi connectivity index (χ4v) is 3.32. The van der Waals surface area contributed by atoms with Crippen LogP contribution in [0.3, 0.4) is 0 Å². The molecule has 3 N–H and O–H groups in total.